The quantitative estimate of drug-likeness (QED) is 0.752. The van der Waals surface area contributed by atoms with Gasteiger partial charge in [0.2, 0.25) is 5.91 Å². The van der Waals surface area contributed by atoms with Crippen molar-refractivity contribution in [1.82, 2.24) is 15.1 Å². The molecule has 0 aromatic carbocycles. The molecular weight excluding hydrogens is 322 g/mol. The van der Waals surface area contributed by atoms with Crippen molar-refractivity contribution < 1.29 is 18.4 Å². The molecule has 0 radical (unpaired) electrons. The Kier molecular flexibility index (Phi) is 6.82. The van der Waals surface area contributed by atoms with E-state index in [1.165, 1.54) is 11.2 Å². The predicted octanol–water partition coefficient (Wildman–Crippen LogP) is 2.14. The van der Waals surface area contributed by atoms with Gasteiger partial charge < -0.3 is 19.1 Å². The van der Waals surface area contributed by atoms with Gasteiger partial charge in [-0.05, 0) is 37.4 Å². The minimum Gasteiger partial charge on any atom is -0.468 e. The first-order valence-electron chi connectivity index (χ1n) is 8.39. The number of rotatable bonds is 9. The van der Waals surface area contributed by atoms with E-state index in [2.05, 4.69) is 24.1 Å². The monoisotopic (exact) mass is 347 g/mol. The molecule has 2 rings (SSSR count). The number of hydrogen-bond acceptors (Lipinski definition) is 5. The van der Waals surface area contributed by atoms with Crippen LogP contribution in [0.3, 0.4) is 0 Å². The number of nitrogens with one attached hydrogen (secondary N) is 1. The third kappa shape index (κ3) is 4.96. The summed E-state index contributed by atoms with van der Waals surface area (Å²) in [7, 11) is 1.57. The van der Waals surface area contributed by atoms with Gasteiger partial charge in [-0.2, -0.15) is 0 Å². The maximum Gasteiger partial charge on any atom is 0.289 e. The minimum atomic E-state index is -0.327. The van der Waals surface area contributed by atoms with Crippen molar-refractivity contribution in [3.05, 3.63) is 48.3 Å². The van der Waals surface area contributed by atoms with E-state index in [9.17, 15) is 9.59 Å². The van der Waals surface area contributed by atoms with Crippen molar-refractivity contribution in [2.45, 2.75) is 19.9 Å². The minimum absolute atomic E-state index is 0.0390. The summed E-state index contributed by atoms with van der Waals surface area (Å²) in [5.74, 6) is 0.466. The van der Waals surface area contributed by atoms with Crippen molar-refractivity contribution in [3.8, 4) is 0 Å². The second kappa shape index (κ2) is 9.08. The average molecular weight is 347 g/mol. The van der Waals surface area contributed by atoms with Crippen LogP contribution in [-0.2, 0) is 4.79 Å². The molecule has 0 unspecified atom stereocenters. The maximum atomic E-state index is 12.2. The van der Waals surface area contributed by atoms with E-state index < -0.39 is 0 Å². The Balaban J connectivity index is 1.91. The molecule has 7 heteroatoms. The summed E-state index contributed by atoms with van der Waals surface area (Å²) in [5, 5.41) is 2.89. The molecule has 0 bridgehead atoms. The molecule has 2 amide bonds. The standard InChI is InChI=1S/C18H25N3O4/c1-4-21(5-2)14(15-8-6-10-24-15)12-19-17(22)13-20(3)18(23)16-9-7-11-25-16/h6-11,14H,4-5,12-13H2,1-3H3,(H,19,22)/t14-/m0/s1. The molecule has 2 heterocycles. The van der Waals surface area contributed by atoms with E-state index in [1.807, 2.05) is 12.1 Å². The van der Waals surface area contributed by atoms with Gasteiger partial charge in [0.1, 0.15) is 5.76 Å². The third-order valence-electron chi connectivity index (χ3n) is 4.08. The molecule has 136 valence electrons. The molecular formula is C18H25N3O4. The molecule has 1 atom stereocenters. The van der Waals surface area contributed by atoms with E-state index in [0.717, 1.165) is 18.8 Å². The van der Waals surface area contributed by atoms with Gasteiger partial charge in [0, 0.05) is 13.6 Å². The summed E-state index contributed by atoms with van der Waals surface area (Å²) in [6.07, 6.45) is 3.06. The number of carbonyl (C=O) groups excluding carboxylic acids is 2. The first-order valence-corrected chi connectivity index (χ1v) is 8.39. The molecule has 0 aliphatic carbocycles. The molecule has 0 spiro atoms. The molecule has 1 N–H and O–H groups in total. The zero-order valence-electron chi connectivity index (χ0n) is 14.9. The van der Waals surface area contributed by atoms with Crippen molar-refractivity contribution in [1.29, 1.82) is 0 Å². The van der Waals surface area contributed by atoms with Crippen LogP contribution in [0.1, 0.15) is 36.2 Å². The lowest BCUT2D eigenvalue weighted by Gasteiger charge is -2.28. The lowest BCUT2D eigenvalue weighted by atomic mass is 10.2. The summed E-state index contributed by atoms with van der Waals surface area (Å²) in [6.45, 7) is 6.19. The number of furan rings is 2. The van der Waals surface area contributed by atoms with Crippen LogP contribution >= 0.6 is 0 Å². The molecule has 2 aromatic heterocycles. The van der Waals surface area contributed by atoms with E-state index in [4.69, 9.17) is 8.83 Å². The average Bonchev–Trinajstić information content (AvgIpc) is 3.31. The topological polar surface area (TPSA) is 78.9 Å². The van der Waals surface area contributed by atoms with Crippen molar-refractivity contribution in [2.24, 2.45) is 0 Å². The second-order valence-corrected chi connectivity index (χ2v) is 5.70. The molecule has 7 nitrogen and oxygen atoms in total. The van der Waals surface area contributed by atoms with Crippen LogP contribution in [0.4, 0.5) is 0 Å². The SMILES string of the molecule is CCN(CC)[C@@H](CNC(=O)CN(C)C(=O)c1ccco1)c1ccco1. The van der Waals surface area contributed by atoms with E-state index in [0.29, 0.717) is 6.54 Å². The van der Waals surface area contributed by atoms with Crippen LogP contribution in [0.5, 0.6) is 0 Å². The number of likely N-dealkylation sites (N-methyl/N-ethyl adjacent to an activating group) is 2. The lowest BCUT2D eigenvalue weighted by Crippen LogP contribution is -2.42. The van der Waals surface area contributed by atoms with Gasteiger partial charge in [0.25, 0.3) is 5.91 Å². The Labute approximate surface area is 147 Å². The summed E-state index contributed by atoms with van der Waals surface area (Å²) in [6, 6.07) is 6.91. The highest BCUT2D eigenvalue weighted by atomic mass is 16.3. The predicted molar refractivity (Wildman–Crippen MR) is 93.0 cm³/mol. The fourth-order valence-corrected chi connectivity index (χ4v) is 2.70. The molecule has 0 saturated carbocycles. The van der Waals surface area contributed by atoms with Crippen LogP contribution in [0.2, 0.25) is 0 Å². The van der Waals surface area contributed by atoms with E-state index >= 15 is 0 Å². The highest BCUT2D eigenvalue weighted by molar-refractivity contribution is 5.94. The summed E-state index contributed by atoms with van der Waals surface area (Å²) in [4.78, 5) is 27.8. The first kappa shape index (κ1) is 18.8. The normalized spacial score (nSPS) is 12.2. The molecule has 0 aliphatic heterocycles. The van der Waals surface area contributed by atoms with Gasteiger partial charge in [0.05, 0.1) is 25.1 Å². The van der Waals surface area contributed by atoms with Crippen LogP contribution in [0.15, 0.2) is 45.6 Å². The number of hydrogen-bond donors (Lipinski definition) is 1. The third-order valence-corrected chi connectivity index (χ3v) is 4.08. The number of nitrogens with zero attached hydrogens (tertiary/aromatic N) is 2. The molecule has 0 fully saturated rings. The first-order chi connectivity index (χ1) is 12.1. The van der Waals surface area contributed by atoms with E-state index in [1.54, 1.807) is 25.4 Å². The Hall–Kier alpha value is -2.54. The lowest BCUT2D eigenvalue weighted by molar-refractivity contribution is -0.121. The Morgan fingerprint density at radius 3 is 2.36 bits per heavy atom. The number of amides is 2. The van der Waals surface area contributed by atoms with Crippen LogP contribution in [-0.4, -0.2) is 54.8 Å². The van der Waals surface area contributed by atoms with Gasteiger partial charge in [-0.15, -0.1) is 0 Å². The van der Waals surface area contributed by atoms with Crippen molar-refractivity contribution >= 4 is 11.8 Å². The summed E-state index contributed by atoms with van der Waals surface area (Å²) >= 11 is 0. The van der Waals surface area contributed by atoms with Crippen molar-refractivity contribution in [3.63, 3.8) is 0 Å². The Bertz CT molecular complexity index is 648. The van der Waals surface area contributed by atoms with E-state index in [-0.39, 0.29) is 30.2 Å². The van der Waals surface area contributed by atoms with Crippen LogP contribution < -0.4 is 5.32 Å². The Morgan fingerprint density at radius 2 is 1.80 bits per heavy atom. The number of carbonyl (C=O) groups is 2. The second-order valence-electron chi connectivity index (χ2n) is 5.70. The summed E-state index contributed by atoms with van der Waals surface area (Å²) in [5.41, 5.74) is 0. The highest BCUT2D eigenvalue weighted by Gasteiger charge is 2.22. The zero-order chi connectivity index (χ0) is 18.2. The molecule has 25 heavy (non-hydrogen) atoms. The van der Waals surface area contributed by atoms with Gasteiger partial charge in [-0.25, -0.2) is 0 Å². The van der Waals surface area contributed by atoms with Gasteiger partial charge in [-0.3, -0.25) is 14.5 Å². The largest absolute Gasteiger partial charge is 0.468 e. The summed E-state index contributed by atoms with van der Waals surface area (Å²) < 4.78 is 10.6. The fraction of sp³-hybridized carbons (Fsp3) is 0.444. The van der Waals surface area contributed by atoms with Gasteiger partial charge >= 0.3 is 0 Å². The van der Waals surface area contributed by atoms with Crippen LogP contribution in [0.25, 0.3) is 0 Å². The Morgan fingerprint density at radius 1 is 1.12 bits per heavy atom. The van der Waals surface area contributed by atoms with Gasteiger partial charge in [-0.1, -0.05) is 13.8 Å². The molecule has 2 aromatic rings. The molecule has 0 aliphatic rings. The van der Waals surface area contributed by atoms with Gasteiger partial charge in [0.15, 0.2) is 5.76 Å². The molecule has 0 saturated heterocycles. The maximum absolute atomic E-state index is 12.2. The highest BCUT2D eigenvalue weighted by Crippen LogP contribution is 2.20. The zero-order valence-corrected chi connectivity index (χ0v) is 14.9. The smallest absolute Gasteiger partial charge is 0.289 e. The fourth-order valence-electron chi connectivity index (χ4n) is 2.70. The van der Waals surface area contributed by atoms with Crippen molar-refractivity contribution in [2.75, 3.05) is 33.2 Å². The van der Waals surface area contributed by atoms with Crippen LogP contribution in [0, 0.1) is 0 Å².